The van der Waals surface area contributed by atoms with Gasteiger partial charge in [0.25, 0.3) is 0 Å². The molecule has 0 heterocycles. The summed E-state index contributed by atoms with van der Waals surface area (Å²) in [6.07, 6.45) is 2.93. The Balaban J connectivity index is 2.92. The van der Waals surface area contributed by atoms with E-state index in [2.05, 4.69) is 0 Å². The van der Waals surface area contributed by atoms with Gasteiger partial charge in [-0.1, -0.05) is 12.1 Å². The van der Waals surface area contributed by atoms with E-state index in [0.29, 0.717) is 30.1 Å². The van der Waals surface area contributed by atoms with Gasteiger partial charge in [-0.2, -0.15) is 0 Å². The lowest BCUT2D eigenvalue weighted by atomic mass is 10.3. The second kappa shape index (κ2) is 7.17. The molecule has 5 heteroatoms. The van der Waals surface area contributed by atoms with E-state index in [1.54, 1.807) is 24.1 Å². The molecule has 4 nitrogen and oxygen atoms in total. The summed E-state index contributed by atoms with van der Waals surface area (Å²) < 4.78 is 23.1. The van der Waals surface area contributed by atoms with E-state index in [1.807, 2.05) is 6.07 Å². The minimum atomic E-state index is -2.92. The summed E-state index contributed by atoms with van der Waals surface area (Å²) in [6.45, 7) is 0. The molecular formula is C13H17O4P. The number of rotatable bonds is 7. The Morgan fingerprint density at radius 2 is 2.06 bits per heavy atom. The highest BCUT2D eigenvalue weighted by Gasteiger charge is 2.27. The summed E-state index contributed by atoms with van der Waals surface area (Å²) in [5.41, 5.74) is 0. The van der Waals surface area contributed by atoms with Crippen LogP contribution >= 0.6 is 7.37 Å². The van der Waals surface area contributed by atoms with E-state index in [9.17, 15) is 9.36 Å². The minimum absolute atomic E-state index is 0.377. The van der Waals surface area contributed by atoms with Crippen LogP contribution in [0.15, 0.2) is 30.3 Å². The molecule has 0 aliphatic carbocycles. The zero-order chi connectivity index (χ0) is 13.4. The Morgan fingerprint density at radius 1 is 1.33 bits per heavy atom. The third kappa shape index (κ3) is 3.58. The van der Waals surface area contributed by atoms with Crippen molar-refractivity contribution in [3.8, 4) is 5.75 Å². The third-order valence-corrected chi connectivity index (χ3v) is 5.23. The predicted molar refractivity (Wildman–Crippen MR) is 71.6 cm³/mol. The van der Waals surface area contributed by atoms with E-state index in [1.165, 1.54) is 20.3 Å². The molecule has 0 amide bonds. The van der Waals surface area contributed by atoms with Crippen molar-refractivity contribution >= 4 is 18.6 Å². The highest BCUT2D eigenvalue weighted by atomic mass is 31.2. The molecule has 1 atom stereocenters. The number of para-hydroxylation sites is 1. The van der Waals surface area contributed by atoms with Crippen molar-refractivity contribution in [1.82, 2.24) is 0 Å². The fourth-order valence-electron chi connectivity index (χ4n) is 1.68. The lowest BCUT2D eigenvalue weighted by molar-refractivity contribution is 0.394. The van der Waals surface area contributed by atoms with Crippen LogP contribution in [0.4, 0.5) is 0 Å². The van der Waals surface area contributed by atoms with E-state index in [-0.39, 0.29) is 0 Å². The number of methoxy groups -OCH3 is 1. The van der Waals surface area contributed by atoms with Gasteiger partial charge in [0.15, 0.2) is 0 Å². The van der Waals surface area contributed by atoms with Crippen molar-refractivity contribution in [2.24, 2.45) is 0 Å². The van der Waals surface area contributed by atoms with Gasteiger partial charge in [-0.05, 0) is 31.1 Å². The monoisotopic (exact) mass is 268 g/mol. The number of hydrogen-bond donors (Lipinski definition) is 0. The summed E-state index contributed by atoms with van der Waals surface area (Å²) in [7, 11) is 0.0472. The molecule has 1 aromatic carbocycles. The molecule has 1 rings (SSSR count). The van der Waals surface area contributed by atoms with Crippen molar-refractivity contribution in [3.63, 3.8) is 0 Å². The Morgan fingerprint density at radius 3 is 2.67 bits per heavy atom. The van der Waals surface area contributed by atoms with Crippen molar-refractivity contribution in [1.29, 1.82) is 0 Å². The molecule has 0 saturated heterocycles. The number of carbonyl (C=O) groups excluding carboxylic acids is 1. The molecule has 0 aliphatic rings. The second-order valence-corrected chi connectivity index (χ2v) is 6.36. The standard InChI is InChI=1S/C13H17O4P/c1-16-12-8-4-5-9-13(12)18(15,17-2)11-7-3-6-10-14/h4-6,8-9H,3,7,11H2,1-2H3. The van der Waals surface area contributed by atoms with Gasteiger partial charge >= 0.3 is 0 Å². The number of unbranched alkanes of at least 4 members (excludes halogenated alkanes) is 1. The van der Waals surface area contributed by atoms with Crippen LogP contribution in [0.25, 0.3) is 0 Å². The van der Waals surface area contributed by atoms with Crippen LogP contribution in [0.2, 0.25) is 0 Å². The number of ether oxygens (including phenoxy) is 1. The largest absolute Gasteiger partial charge is 0.496 e. The molecule has 18 heavy (non-hydrogen) atoms. The van der Waals surface area contributed by atoms with Gasteiger partial charge in [0.1, 0.15) is 11.7 Å². The first kappa shape index (κ1) is 14.7. The zero-order valence-electron chi connectivity index (χ0n) is 10.6. The average molecular weight is 268 g/mol. The van der Waals surface area contributed by atoms with Crippen LogP contribution < -0.4 is 10.0 Å². The van der Waals surface area contributed by atoms with E-state index >= 15 is 0 Å². The molecule has 0 N–H and O–H groups in total. The van der Waals surface area contributed by atoms with Crippen LogP contribution in [0.1, 0.15) is 12.8 Å². The number of allylic oxidation sites excluding steroid dienone is 1. The van der Waals surface area contributed by atoms with Gasteiger partial charge in [-0.3, -0.25) is 4.57 Å². The van der Waals surface area contributed by atoms with Crippen LogP contribution in [0.5, 0.6) is 5.75 Å². The van der Waals surface area contributed by atoms with Gasteiger partial charge in [0.05, 0.1) is 12.4 Å². The van der Waals surface area contributed by atoms with E-state index < -0.39 is 7.37 Å². The summed E-state index contributed by atoms with van der Waals surface area (Å²) in [5.74, 6) is 2.27. The van der Waals surface area contributed by atoms with E-state index in [4.69, 9.17) is 9.26 Å². The first-order valence-electron chi connectivity index (χ1n) is 5.65. The highest BCUT2D eigenvalue weighted by Crippen LogP contribution is 2.48. The van der Waals surface area contributed by atoms with Crippen molar-refractivity contribution in [2.75, 3.05) is 20.4 Å². The molecule has 0 aliphatic heterocycles. The molecule has 98 valence electrons. The lowest BCUT2D eigenvalue weighted by Crippen LogP contribution is -2.12. The fourth-order valence-corrected chi connectivity index (χ4v) is 3.72. The normalized spacial score (nSPS) is 13.4. The maximum Gasteiger partial charge on any atom is 0.235 e. The van der Waals surface area contributed by atoms with Gasteiger partial charge < -0.3 is 9.26 Å². The second-order valence-electron chi connectivity index (χ2n) is 3.72. The van der Waals surface area contributed by atoms with E-state index in [0.717, 1.165) is 0 Å². The number of hydrogen-bond acceptors (Lipinski definition) is 4. The van der Waals surface area contributed by atoms with Crippen molar-refractivity contribution < 1.29 is 18.6 Å². The van der Waals surface area contributed by atoms with Crippen LogP contribution in [0, 0.1) is 0 Å². The summed E-state index contributed by atoms with van der Waals surface area (Å²) >= 11 is 0. The summed E-state index contributed by atoms with van der Waals surface area (Å²) in [6, 6.07) is 7.12. The molecule has 0 saturated carbocycles. The lowest BCUT2D eigenvalue weighted by Gasteiger charge is -2.18. The average Bonchev–Trinajstić information content (AvgIpc) is 2.43. The molecular weight excluding hydrogens is 251 g/mol. The Hall–Kier alpha value is -1.34. The number of benzene rings is 1. The summed E-state index contributed by atoms with van der Waals surface area (Å²) in [4.78, 5) is 10.1. The Kier molecular flexibility index (Phi) is 5.87. The van der Waals surface area contributed by atoms with Crippen LogP contribution in [0.3, 0.4) is 0 Å². The van der Waals surface area contributed by atoms with Gasteiger partial charge in [0, 0.05) is 13.3 Å². The molecule has 0 bridgehead atoms. The van der Waals surface area contributed by atoms with Crippen LogP contribution in [-0.2, 0) is 13.9 Å². The highest BCUT2D eigenvalue weighted by molar-refractivity contribution is 7.67. The van der Waals surface area contributed by atoms with Gasteiger partial charge in [-0.25, -0.2) is 4.79 Å². The van der Waals surface area contributed by atoms with Crippen LogP contribution in [-0.4, -0.2) is 26.3 Å². The molecule has 1 unspecified atom stereocenters. The molecule has 0 fully saturated rings. The predicted octanol–water partition coefficient (Wildman–Crippen LogP) is 2.41. The topological polar surface area (TPSA) is 52.6 Å². The first-order chi connectivity index (χ1) is 8.68. The molecule has 0 aromatic heterocycles. The molecule has 0 radical (unpaired) electrons. The Bertz CT molecular complexity index is 478. The van der Waals surface area contributed by atoms with Crippen molar-refractivity contribution in [3.05, 3.63) is 30.3 Å². The smallest absolute Gasteiger partial charge is 0.235 e. The fraction of sp³-hybridized carbons (Fsp3) is 0.385. The Labute approximate surface area is 107 Å². The van der Waals surface area contributed by atoms with Gasteiger partial charge in [-0.15, -0.1) is 0 Å². The third-order valence-electron chi connectivity index (χ3n) is 2.63. The maximum absolute atomic E-state index is 12.7. The zero-order valence-corrected chi connectivity index (χ0v) is 11.5. The quantitative estimate of drug-likeness (QED) is 0.433. The molecule has 1 aromatic rings. The summed E-state index contributed by atoms with van der Waals surface area (Å²) in [5, 5.41) is 0.588. The SMILES string of the molecule is COc1ccccc1P(=O)(CCCC=C=O)OC. The van der Waals surface area contributed by atoms with Gasteiger partial charge in [0.2, 0.25) is 7.37 Å². The van der Waals surface area contributed by atoms with Crippen molar-refractivity contribution in [2.45, 2.75) is 12.8 Å². The molecule has 0 spiro atoms. The minimum Gasteiger partial charge on any atom is -0.496 e. The first-order valence-corrected chi connectivity index (χ1v) is 7.46. The maximum atomic E-state index is 12.7.